The van der Waals surface area contributed by atoms with Crippen LogP contribution >= 0.6 is 0 Å². The lowest BCUT2D eigenvalue weighted by atomic mass is 10.2. The zero-order valence-electron chi connectivity index (χ0n) is 10.6. The number of amides is 1. The van der Waals surface area contributed by atoms with E-state index in [2.05, 4.69) is 15.3 Å². The zero-order chi connectivity index (χ0) is 13.0. The Morgan fingerprint density at radius 2 is 2.39 bits per heavy atom. The Morgan fingerprint density at radius 1 is 1.56 bits per heavy atom. The van der Waals surface area contributed by atoms with Crippen molar-refractivity contribution >= 4 is 17.1 Å². The molecule has 5 nitrogen and oxygen atoms in total. The highest BCUT2D eigenvalue weighted by molar-refractivity contribution is 5.75. The van der Waals surface area contributed by atoms with Crippen LogP contribution < -0.4 is 5.32 Å². The molecule has 0 aliphatic heterocycles. The molecule has 0 saturated heterocycles. The molecule has 0 atom stereocenters. The van der Waals surface area contributed by atoms with E-state index in [9.17, 15) is 4.79 Å². The maximum Gasteiger partial charge on any atom is 0.407 e. The largest absolute Gasteiger partial charge is 0.449 e. The Hall–Kier alpha value is -2.04. The van der Waals surface area contributed by atoms with Crippen LogP contribution in [0.4, 0.5) is 4.79 Å². The summed E-state index contributed by atoms with van der Waals surface area (Å²) in [5.41, 5.74) is 1.80. The first-order chi connectivity index (χ1) is 8.65. The molecule has 18 heavy (non-hydrogen) atoms. The molecular weight excluding hydrogens is 230 g/mol. The monoisotopic (exact) mass is 247 g/mol. The van der Waals surface area contributed by atoms with Crippen molar-refractivity contribution in [2.45, 2.75) is 20.4 Å². The van der Waals surface area contributed by atoms with E-state index >= 15 is 0 Å². The number of fused-ring (bicyclic) bond motifs is 1. The van der Waals surface area contributed by atoms with Gasteiger partial charge in [-0.05, 0) is 23.6 Å². The van der Waals surface area contributed by atoms with E-state index < -0.39 is 6.09 Å². The van der Waals surface area contributed by atoms with Gasteiger partial charge in [-0.3, -0.25) is 0 Å². The number of aromatic nitrogens is 2. The second-order valence-electron chi connectivity index (χ2n) is 4.60. The van der Waals surface area contributed by atoms with E-state index in [1.54, 1.807) is 6.20 Å². The lowest BCUT2D eigenvalue weighted by Crippen LogP contribution is -2.25. The Labute approximate surface area is 106 Å². The summed E-state index contributed by atoms with van der Waals surface area (Å²) in [5.74, 6) is 0.341. The SMILES string of the molecule is CC(C)COC(=O)NCc1cnc2[nH]ccc2c1. The van der Waals surface area contributed by atoms with Gasteiger partial charge in [0.25, 0.3) is 0 Å². The standard InChI is InChI=1S/C13H17N3O2/c1-9(2)8-18-13(17)16-7-10-5-11-3-4-14-12(11)15-6-10/h3-6,9H,7-8H2,1-2H3,(H,14,15)(H,16,17). The minimum Gasteiger partial charge on any atom is -0.449 e. The van der Waals surface area contributed by atoms with Crippen LogP contribution in [-0.2, 0) is 11.3 Å². The molecule has 2 heterocycles. The van der Waals surface area contributed by atoms with Gasteiger partial charge in [-0.25, -0.2) is 9.78 Å². The summed E-state index contributed by atoms with van der Waals surface area (Å²) in [6.07, 6.45) is 3.19. The molecule has 0 aliphatic rings. The number of hydrogen-bond acceptors (Lipinski definition) is 3. The summed E-state index contributed by atoms with van der Waals surface area (Å²) in [5, 5.41) is 3.73. The van der Waals surface area contributed by atoms with Crippen LogP contribution in [0, 0.1) is 5.92 Å². The number of H-pyrrole nitrogens is 1. The minimum absolute atomic E-state index is 0.341. The Morgan fingerprint density at radius 3 is 3.17 bits per heavy atom. The Balaban J connectivity index is 1.87. The third kappa shape index (κ3) is 3.23. The van der Waals surface area contributed by atoms with Crippen molar-refractivity contribution in [3.8, 4) is 0 Å². The van der Waals surface area contributed by atoms with Crippen molar-refractivity contribution in [3.05, 3.63) is 30.1 Å². The number of carbonyl (C=O) groups is 1. The van der Waals surface area contributed by atoms with Crippen LogP contribution in [-0.4, -0.2) is 22.7 Å². The van der Waals surface area contributed by atoms with Crippen molar-refractivity contribution in [2.24, 2.45) is 5.92 Å². The molecule has 0 fully saturated rings. The number of rotatable bonds is 4. The average Bonchev–Trinajstić information content (AvgIpc) is 2.81. The second kappa shape index (κ2) is 5.53. The summed E-state index contributed by atoms with van der Waals surface area (Å²) >= 11 is 0. The minimum atomic E-state index is -0.391. The van der Waals surface area contributed by atoms with Crippen molar-refractivity contribution in [3.63, 3.8) is 0 Å². The molecule has 0 radical (unpaired) electrons. The fourth-order valence-electron chi connectivity index (χ4n) is 1.55. The molecule has 2 aromatic rings. The van der Waals surface area contributed by atoms with Crippen LogP contribution in [0.15, 0.2) is 24.5 Å². The molecule has 0 bridgehead atoms. The average molecular weight is 247 g/mol. The molecule has 0 aliphatic carbocycles. The van der Waals surface area contributed by atoms with Crippen molar-refractivity contribution < 1.29 is 9.53 Å². The molecule has 0 aromatic carbocycles. The summed E-state index contributed by atoms with van der Waals surface area (Å²) in [4.78, 5) is 18.6. The number of nitrogens with zero attached hydrogens (tertiary/aromatic N) is 1. The zero-order valence-corrected chi connectivity index (χ0v) is 10.6. The fourth-order valence-corrected chi connectivity index (χ4v) is 1.55. The van der Waals surface area contributed by atoms with Gasteiger partial charge in [0, 0.05) is 24.3 Å². The van der Waals surface area contributed by atoms with Gasteiger partial charge < -0.3 is 15.0 Å². The van der Waals surface area contributed by atoms with Crippen molar-refractivity contribution in [2.75, 3.05) is 6.61 Å². The summed E-state index contributed by atoms with van der Waals surface area (Å²) in [6.45, 7) is 4.85. The lowest BCUT2D eigenvalue weighted by Gasteiger charge is -2.08. The van der Waals surface area contributed by atoms with Gasteiger partial charge in [0.1, 0.15) is 5.65 Å². The van der Waals surface area contributed by atoms with Crippen LogP contribution in [0.2, 0.25) is 0 Å². The maximum atomic E-state index is 11.4. The third-order valence-corrected chi connectivity index (χ3v) is 2.44. The molecule has 96 valence electrons. The number of ether oxygens (including phenoxy) is 1. The van der Waals surface area contributed by atoms with Gasteiger partial charge >= 0.3 is 6.09 Å². The van der Waals surface area contributed by atoms with E-state index in [4.69, 9.17) is 4.74 Å². The van der Waals surface area contributed by atoms with Gasteiger partial charge in [-0.15, -0.1) is 0 Å². The molecule has 0 saturated carbocycles. The highest BCUT2D eigenvalue weighted by Crippen LogP contribution is 2.10. The molecule has 2 rings (SSSR count). The van der Waals surface area contributed by atoms with E-state index in [0.29, 0.717) is 19.1 Å². The van der Waals surface area contributed by atoms with Crippen molar-refractivity contribution in [1.82, 2.24) is 15.3 Å². The molecule has 2 N–H and O–H groups in total. The fraction of sp³-hybridized carbons (Fsp3) is 0.385. The number of hydrogen-bond donors (Lipinski definition) is 2. The van der Waals surface area contributed by atoms with E-state index in [0.717, 1.165) is 16.6 Å². The van der Waals surface area contributed by atoms with Gasteiger partial charge in [0.2, 0.25) is 0 Å². The Bertz CT molecular complexity index is 534. The molecule has 5 heteroatoms. The van der Waals surface area contributed by atoms with Gasteiger partial charge in [-0.1, -0.05) is 13.8 Å². The summed E-state index contributed by atoms with van der Waals surface area (Å²) in [7, 11) is 0. The van der Waals surface area contributed by atoms with Gasteiger partial charge in [0.15, 0.2) is 0 Å². The molecular formula is C13H17N3O2. The van der Waals surface area contributed by atoms with E-state index in [-0.39, 0.29) is 0 Å². The smallest absolute Gasteiger partial charge is 0.407 e. The second-order valence-corrected chi connectivity index (χ2v) is 4.60. The number of nitrogens with one attached hydrogen (secondary N) is 2. The van der Waals surface area contributed by atoms with E-state index in [1.165, 1.54) is 0 Å². The first-order valence-corrected chi connectivity index (χ1v) is 5.98. The number of alkyl carbamates (subject to hydrolysis) is 1. The van der Waals surface area contributed by atoms with Crippen LogP contribution in [0.1, 0.15) is 19.4 Å². The van der Waals surface area contributed by atoms with Crippen molar-refractivity contribution in [1.29, 1.82) is 0 Å². The topological polar surface area (TPSA) is 67.0 Å². The summed E-state index contributed by atoms with van der Waals surface area (Å²) in [6, 6.07) is 3.93. The first-order valence-electron chi connectivity index (χ1n) is 5.98. The number of carbonyl (C=O) groups excluding carboxylic acids is 1. The van der Waals surface area contributed by atoms with Crippen LogP contribution in [0.3, 0.4) is 0 Å². The van der Waals surface area contributed by atoms with E-state index in [1.807, 2.05) is 32.2 Å². The predicted molar refractivity (Wildman–Crippen MR) is 69.1 cm³/mol. The quantitative estimate of drug-likeness (QED) is 0.872. The molecule has 0 unspecified atom stereocenters. The number of pyridine rings is 1. The van der Waals surface area contributed by atoms with Gasteiger partial charge in [-0.2, -0.15) is 0 Å². The molecule has 1 amide bonds. The first kappa shape index (κ1) is 12.4. The highest BCUT2D eigenvalue weighted by Gasteiger charge is 2.04. The molecule has 2 aromatic heterocycles. The lowest BCUT2D eigenvalue weighted by molar-refractivity contribution is 0.132. The Kier molecular flexibility index (Phi) is 3.82. The summed E-state index contributed by atoms with van der Waals surface area (Å²) < 4.78 is 5.02. The molecule has 0 spiro atoms. The predicted octanol–water partition coefficient (Wildman–Crippen LogP) is 2.45. The number of aromatic amines is 1. The van der Waals surface area contributed by atoms with Crippen LogP contribution in [0.5, 0.6) is 0 Å². The highest BCUT2D eigenvalue weighted by atomic mass is 16.5. The third-order valence-electron chi connectivity index (χ3n) is 2.44. The van der Waals surface area contributed by atoms with Crippen LogP contribution in [0.25, 0.3) is 11.0 Å². The maximum absolute atomic E-state index is 11.4. The van der Waals surface area contributed by atoms with Gasteiger partial charge in [0.05, 0.1) is 6.61 Å². The normalized spacial score (nSPS) is 10.8.